The van der Waals surface area contributed by atoms with Gasteiger partial charge in [0.15, 0.2) is 0 Å². The number of hydrogen-bond donors (Lipinski definition) is 1. The molecule has 25 heavy (non-hydrogen) atoms. The highest BCUT2D eigenvalue weighted by molar-refractivity contribution is 9.10. The Bertz CT molecular complexity index is 927. The monoisotopic (exact) mass is 427 g/mol. The van der Waals surface area contributed by atoms with Gasteiger partial charge in [-0.25, -0.2) is 12.7 Å². The van der Waals surface area contributed by atoms with Gasteiger partial charge in [0.25, 0.3) is 11.6 Å². The Morgan fingerprint density at radius 3 is 2.28 bits per heavy atom. The minimum Gasteiger partial charge on any atom is -0.322 e. The molecule has 0 fully saturated rings. The third-order valence-corrected chi connectivity index (χ3v) is 6.10. The van der Waals surface area contributed by atoms with E-state index in [-0.39, 0.29) is 16.1 Å². The molecule has 0 spiro atoms. The van der Waals surface area contributed by atoms with Gasteiger partial charge in [-0.2, -0.15) is 0 Å². The fourth-order valence-electron chi connectivity index (χ4n) is 1.91. The summed E-state index contributed by atoms with van der Waals surface area (Å²) in [6, 6.07) is 9.53. The molecule has 0 atom stereocenters. The summed E-state index contributed by atoms with van der Waals surface area (Å²) < 4.78 is 26.0. The van der Waals surface area contributed by atoms with Crippen LogP contribution in [-0.4, -0.2) is 37.6 Å². The van der Waals surface area contributed by atoms with Crippen LogP contribution in [0.15, 0.2) is 51.8 Å². The second-order valence-corrected chi connectivity index (χ2v) is 8.17. The summed E-state index contributed by atoms with van der Waals surface area (Å²) >= 11 is 3.17. The molecule has 1 N–H and O–H groups in total. The van der Waals surface area contributed by atoms with Gasteiger partial charge < -0.3 is 5.32 Å². The van der Waals surface area contributed by atoms with E-state index in [0.717, 1.165) is 4.31 Å². The molecule has 0 aromatic heterocycles. The molecule has 8 nitrogen and oxygen atoms in total. The average Bonchev–Trinajstić information content (AvgIpc) is 2.55. The average molecular weight is 428 g/mol. The highest BCUT2D eigenvalue weighted by Crippen LogP contribution is 2.26. The van der Waals surface area contributed by atoms with Crippen molar-refractivity contribution in [3.63, 3.8) is 0 Å². The Labute approximate surface area is 152 Å². The molecule has 0 saturated carbocycles. The number of benzene rings is 2. The molecule has 0 saturated heterocycles. The van der Waals surface area contributed by atoms with Gasteiger partial charge in [-0.3, -0.25) is 14.9 Å². The van der Waals surface area contributed by atoms with Crippen LogP contribution in [0.25, 0.3) is 0 Å². The first kappa shape index (κ1) is 19.0. The number of non-ortho nitro benzene ring substituents is 1. The Morgan fingerprint density at radius 1 is 1.16 bits per heavy atom. The van der Waals surface area contributed by atoms with Gasteiger partial charge in [0.05, 0.1) is 9.82 Å². The third kappa shape index (κ3) is 4.21. The van der Waals surface area contributed by atoms with Crippen molar-refractivity contribution in [1.82, 2.24) is 4.31 Å². The van der Waals surface area contributed by atoms with E-state index < -0.39 is 20.9 Å². The summed E-state index contributed by atoms with van der Waals surface area (Å²) in [6.07, 6.45) is 0. The summed E-state index contributed by atoms with van der Waals surface area (Å²) in [7, 11) is -0.932. The lowest BCUT2D eigenvalue weighted by Crippen LogP contribution is -2.23. The highest BCUT2D eigenvalue weighted by atomic mass is 79.9. The number of anilines is 1. The summed E-state index contributed by atoms with van der Waals surface area (Å²) in [5.41, 5.74) is 0.401. The lowest BCUT2D eigenvalue weighted by Gasteiger charge is -2.14. The van der Waals surface area contributed by atoms with Crippen LogP contribution in [0.3, 0.4) is 0 Å². The van der Waals surface area contributed by atoms with Gasteiger partial charge >= 0.3 is 0 Å². The highest BCUT2D eigenvalue weighted by Gasteiger charge is 2.22. The molecule has 0 heterocycles. The largest absolute Gasteiger partial charge is 0.322 e. The minimum atomic E-state index is -3.72. The van der Waals surface area contributed by atoms with Crippen molar-refractivity contribution in [1.29, 1.82) is 0 Å². The standard InChI is InChI=1S/C15H14BrN3O5S/c1-18(2)25(23,24)14-9-10(3-8-13(14)16)15(20)17-11-4-6-12(7-5-11)19(21)22/h3-9H,1-2H3,(H,17,20). The molecule has 2 rings (SSSR count). The minimum absolute atomic E-state index is 0.0335. The van der Waals surface area contributed by atoms with Crippen LogP contribution < -0.4 is 5.32 Å². The van der Waals surface area contributed by atoms with E-state index in [1.54, 1.807) is 0 Å². The predicted molar refractivity (Wildman–Crippen MR) is 96.1 cm³/mol. The van der Waals surface area contributed by atoms with Crippen LogP contribution in [-0.2, 0) is 10.0 Å². The maximum absolute atomic E-state index is 12.3. The summed E-state index contributed by atoms with van der Waals surface area (Å²) in [5.74, 6) is -0.531. The third-order valence-electron chi connectivity index (χ3n) is 3.29. The van der Waals surface area contributed by atoms with Crippen molar-refractivity contribution < 1.29 is 18.1 Å². The van der Waals surface area contributed by atoms with Gasteiger partial charge in [-0.05, 0) is 46.3 Å². The zero-order chi connectivity index (χ0) is 18.8. The fourth-order valence-corrected chi connectivity index (χ4v) is 3.75. The number of nitro benzene ring substituents is 1. The Hall–Kier alpha value is -2.30. The van der Waals surface area contributed by atoms with Crippen LogP contribution in [0, 0.1) is 10.1 Å². The van der Waals surface area contributed by atoms with Crippen molar-refractivity contribution in [2.45, 2.75) is 4.90 Å². The molecule has 0 unspecified atom stereocenters. The quantitative estimate of drug-likeness (QED) is 0.582. The first-order chi connectivity index (χ1) is 11.6. The SMILES string of the molecule is CN(C)S(=O)(=O)c1cc(C(=O)Nc2ccc([N+](=O)[O-])cc2)ccc1Br. The van der Waals surface area contributed by atoms with E-state index in [2.05, 4.69) is 21.2 Å². The van der Waals surface area contributed by atoms with Gasteiger partial charge in [-0.1, -0.05) is 0 Å². The van der Waals surface area contributed by atoms with E-state index in [4.69, 9.17) is 0 Å². The molecular formula is C15H14BrN3O5S. The maximum atomic E-state index is 12.3. The molecule has 132 valence electrons. The number of carbonyl (C=O) groups excluding carboxylic acids is 1. The number of amides is 1. The molecule has 10 heteroatoms. The number of sulfonamides is 1. The molecule has 0 bridgehead atoms. The lowest BCUT2D eigenvalue weighted by atomic mass is 10.2. The topological polar surface area (TPSA) is 110 Å². The number of nitrogens with zero attached hydrogens (tertiary/aromatic N) is 2. The van der Waals surface area contributed by atoms with Gasteiger partial charge in [-0.15, -0.1) is 0 Å². The van der Waals surface area contributed by atoms with Gasteiger partial charge in [0.2, 0.25) is 10.0 Å². The Kier molecular flexibility index (Phi) is 5.55. The van der Waals surface area contributed by atoms with Crippen molar-refractivity contribution in [3.05, 3.63) is 62.6 Å². The molecular weight excluding hydrogens is 414 g/mol. The van der Waals surface area contributed by atoms with Crippen LogP contribution in [0.5, 0.6) is 0 Å². The van der Waals surface area contributed by atoms with Gasteiger partial charge in [0, 0.05) is 42.0 Å². The number of hydrogen-bond acceptors (Lipinski definition) is 5. The van der Waals surface area contributed by atoms with Crippen LogP contribution in [0.1, 0.15) is 10.4 Å². The number of rotatable bonds is 5. The zero-order valence-electron chi connectivity index (χ0n) is 13.3. The van der Waals surface area contributed by atoms with Crippen molar-refractivity contribution in [3.8, 4) is 0 Å². The van der Waals surface area contributed by atoms with Crippen molar-refractivity contribution in [2.24, 2.45) is 0 Å². The summed E-state index contributed by atoms with van der Waals surface area (Å²) in [6.45, 7) is 0. The van der Waals surface area contributed by atoms with Crippen LogP contribution >= 0.6 is 15.9 Å². The molecule has 2 aromatic rings. The second-order valence-electron chi connectivity index (χ2n) is 5.19. The maximum Gasteiger partial charge on any atom is 0.269 e. The summed E-state index contributed by atoms with van der Waals surface area (Å²) in [4.78, 5) is 22.4. The smallest absolute Gasteiger partial charge is 0.269 e. The Morgan fingerprint density at radius 2 is 1.76 bits per heavy atom. The predicted octanol–water partition coefficient (Wildman–Crippen LogP) is 2.86. The summed E-state index contributed by atoms with van der Waals surface area (Å²) in [5, 5.41) is 13.2. The number of carbonyl (C=O) groups is 1. The zero-order valence-corrected chi connectivity index (χ0v) is 15.7. The molecule has 1 amide bonds. The van der Waals surface area contributed by atoms with E-state index >= 15 is 0 Å². The number of halogens is 1. The molecule has 0 radical (unpaired) electrons. The van der Waals surface area contributed by atoms with E-state index in [9.17, 15) is 23.3 Å². The second kappa shape index (κ2) is 7.30. The van der Waals surface area contributed by atoms with Gasteiger partial charge in [0.1, 0.15) is 0 Å². The Balaban J connectivity index is 2.30. The van der Waals surface area contributed by atoms with Crippen LogP contribution in [0.2, 0.25) is 0 Å². The molecule has 2 aromatic carbocycles. The van der Waals surface area contributed by atoms with E-state index in [1.165, 1.54) is 56.6 Å². The molecule has 0 aliphatic carbocycles. The van der Waals surface area contributed by atoms with Crippen molar-refractivity contribution in [2.75, 3.05) is 19.4 Å². The number of nitro groups is 1. The fraction of sp³-hybridized carbons (Fsp3) is 0.133. The molecule has 0 aliphatic rings. The first-order valence-electron chi connectivity index (χ1n) is 6.91. The van der Waals surface area contributed by atoms with E-state index in [1.807, 2.05) is 0 Å². The van der Waals surface area contributed by atoms with Crippen molar-refractivity contribution >= 4 is 43.2 Å². The number of nitrogens with one attached hydrogen (secondary N) is 1. The van der Waals surface area contributed by atoms with E-state index in [0.29, 0.717) is 10.2 Å². The normalized spacial score (nSPS) is 11.4. The molecule has 0 aliphatic heterocycles. The van der Waals surface area contributed by atoms with Crippen LogP contribution in [0.4, 0.5) is 11.4 Å². The first-order valence-corrected chi connectivity index (χ1v) is 9.14. The lowest BCUT2D eigenvalue weighted by molar-refractivity contribution is -0.384.